The number of hydrogen-bond acceptors (Lipinski definition) is 6. The summed E-state index contributed by atoms with van der Waals surface area (Å²) < 4.78 is 5.43. The van der Waals surface area contributed by atoms with Crippen LogP contribution >= 0.6 is 11.8 Å². The van der Waals surface area contributed by atoms with Crippen LogP contribution in [0.5, 0.6) is 0 Å². The third kappa shape index (κ3) is 3.99. The normalized spacial score (nSPS) is 26.7. The Kier molecular flexibility index (Phi) is 5.51. The molecule has 0 aliphatic carbocycles. The number of fused-ring (bicyclic) bond motifs is 1. The van der Waals surface area contributed by atoms with Crippen LogP contribution in [-0.4, -0.2) is 56.9 Å². The quantitative estimate of drug-likeness (QED) is 0.554. The average Bonchev–Trinajstić information content (AvgIpc) is 2.67. The molecule has 8 heteroatoms. The molecule has 0 saturated carbocycles. The predicted octanol–water partition coefficient (Wildman–Crippen LogP) is 1.75. The van der Waals surface area contributed by atoms with Crippen molar-refractivity contribution in [3.8, 4) is 0 Å². The smallest absolute Gasteiger partial charge is 0.331 e. The fourth-order valence-electron chi connectivity index (χ4n) is 3.11. The molecule has 0 N–H and O–H groups in total. The van der Waals surface area contributed by atoms with Gasteiger partial charge in [0, 0.05) is 19.2 Å². The summed E-state index contributed by atoms with van der Waals surface area (Å²) in [7, 11) is 0. The first-order valence-electron chi connectivity index (χ1n) is 8.49. The van der Waals surface area contributed by atoms with Gasteiger partial charge in [-0.1, -0.05) is 11.8 Å². The van der Waals surface area contributed by atoms with Gasteiger partial charge in [0.2, 0.25) is 0 Å². The third-order valence-corrected chi connectivity index (χ3v) is 5.19. The number of esters is 1. The molecule has 0 aromatic carbocycles. The number of nitrogens with zero attached hydrogens (tertiary/aromatic N) is 2. The highest BCUT2D eigenvalue weighted by atomic mass is 32.2. The van der Waals surface area contributed by atoms with E-state index >= 15 is 0 Å². The van der Waals surface area contributed by atoms with Gasteiger partial charge in [0.25, 0.3) is 11.8 Å². The average molecular weight is 370 g/mol. The van der Waals surface area contributed by atoms with Gasteiger partial charge in [0.1, 0.15) is 11.0 Å². The summed E-state index contributed by atoms with van der Waals surface area (Å²) in [6.45, 7) is 8.78. The highest BCUT2D eigenvalue weighted by Gasteiger charge is 2.58. The minimum absolute atomic E-state index is 0.0499. The second kappa shape index (κ2) is 6.97. The molecular formula is C17H26N2O5S. The minimum atomic E-state index is -1.23. The zero-order valence-corrected chi connectivity index (χ0v) is 16.3. The van der Waals surface area contributed by atoms with E-state index in [1.165, 1.54) is 16.9 Å². The molecular weight excluding hydrogens is 344 g/mol. The fraction of sp³-hybridized carbons (Fsp3) is 0.765. The molecule has 0 spiro atoms. The van der Waals surface area contributed by atoms with Crippen LogP contribution in [0.4, 0.5) is 0 Å². The molecule has 2 rings (SSSR count). The van der Waals surface area contributed by atoms with Crippen LogP contribution in [0.25, 0.3) is 0 Å². The summed E-state index contributed by atoms with van der Waals surface area (Å²) in [5.41, 5.74) is -1.89. The molecule has 2 unspecified atom stereocenters. The van der Waals surface area contributed by atoms with E-state index in [2.05, 4.69) is 0 Å². The van der Waals surface area contributed by atoms with Gasteiger partial charge in [-0.2, -0.15) is 0 Å². The maximum Gasteiger partial charge on any atom is 0.331 e. The van der Waals surface area contributed by atoms with Gasteiger partial charge in [-0.3, -0.25) is 14.4 Å². The molecule has 0 aromatic heterocycles. The molecule has 25 heavy (non-hydrogen) atoms. The van der Waals surface area contributed by atoms with Gasteiger partial charge in [-0.05, 0) is 47.0 Å². The summed E-state index contributed by atoms with van der Waals surface area (Å²) in [5.74, 6) is -0.768. The Balaban J connectivity index is 2.21. The van der Waals surface area contributed by atoms with Crippen LogP contribution in [0.3, 0.4) is 0 Å². The summed E-state index contributed by atoms with van der Waals surface area (Å²) in [6.07, 6.45) is 1.38. The second-order valence-corrected chi connectivity index (χ2v) is 8.96. The van der Waals surface area contributed by atoms with Crippen LogP contribution < -0.4 is 0 Å². The van der Waals surface area contributed by atoms with Crippen molar-refractivity contribution in [3.05, 3.63) is 0 Å². The van der Waals surface area contributed by atoms with E-state index in [0.29, 0.717) is 25.1 Å². The summed E-state index contributed by atoms with van der Waals surface area (Å²) in [5, 5.41) is 2.63. The maximum atomic E-state index is 13.0. The molecule has 2 heterocycles. The Hall–Kier alpha value is -1.57. The van der Waals surface area contributed by atoms with Crippen LogP contribution in [0, 0.1) is 5.41 Å². The number of hydrogen-bond donors (Lipinski definition) is 0. The third-order valence-electron chi connectivity index (χ3n) is 4.38. The van der Waals surface area contributed by atoms with E-state index in [1.807, 2.05) is 0 Å². The van der Waals surface area contributed by atoms with Crippen LogP contribution in [-0.2, 0) is 23.9 Å². The van der Waals surface area contributed by atoms with Gasteiger partial charge < -0.3 is 4.74 Å². The van der Waals surface area contributed by atoms with Crippen molar-refractivity contribution in [2.24, 2.45) is 5.41 Å². The molecule has 2 fully saturated rings. The van der Waals surface area contributed by atoms with Gasteiger partial charge >= 0.3 is 5.97 Å². The number of rotatable bonds is 4. The monoisotopic (exact) mass is 370 g/mol. The Morgan fingerprint density at radius 3 is 2.48 bits per heavy atom. The zero-order valence-electron chi connectivity index (χ0n) is 15.5. The Morgan fingerprint density at radius 2 is 1.92 bits per heavy atom. The van der Waals surface area contributed by atoms with E-state index in [4.69, 9.17) is 4.74 Å². The lowest BCUT2D eigenvalue weighted by Gasteiger charge is -2.38. The zero-order chi connectivity index (χ0) is 19.0. The predicted molar refractivity (Wildman–Crippen MR) is 93.3 cm³/mol. The largest absolute Gasteiger partial charge is 0.458 e. The van der Waals surface area contributed by atoms with Gasteiger partial charge in [0.05, 0.1) is 0 Å². The van der Waals surface area contributed by atoms with Crippen molar-refractivity contribution in [2.45, 2.75) is 65.5 Å². The van der Waals surface area contributed by atoms with Crippen LogP contribution in [0.15, 0.2) is 0 Å². The summed E-state index contributed by atoms with van der Waals surface area (Å²) in [4.78, 5) is 49.4. The molecule has 2 aliphatic rings. The highest BCUT2D eigenvalue weighted by molar-refractivity contribution is 8.13. The fourth-order valence-corrected chi connectivity index (χ4v) is 3.91. The number of carbonyl (C=O) groups excluding carboxylic acids is 4. The van der Waals surface area contributed by atoms with E-state index < -0.39 is 23.0 Å². The lowest BCUT2D eigenvalue weighted by atomic mass is 9.86. The Bertz CT molecular complexity index is 600. The summed E-state index contributed by atoms with van der Waals surface area (Å²) in [6, 6.07) is -0.772. The molecule has 0 bridgehead atoms. The van der Waals surface area contributed by atoms with Crippen molar-refractivity contribution in [1.82, 2.24) is 10.0 Å². The number of amides is 2. The first-order valence-corrected chi connectivity index (χ1v) is 9.48. The lowest BCUT2D eigenvalue weighted by Crippen LogP contribution is -2.55. The molecule has 7 nitrogen and oxygen atoms in total. The van der Waals surface area contributed by atoms with Crippen molar-refractivity contribution in [3.63, 3.8) is 0 Å². The van der Waals surface area contributed by atoms with E-state index in [1.54, 1.807) is 27.7 Å². The van der Waals surface area contributed by atoms with E-state index in [9.17, 15) is 19.2 Å². The molecule has 0 aromatic rings. The first kappa shape index (κ1) is 19.8. The lowest BCUT2D eigenvalue weighted by molar-refractivity contribution is -0.179. The summed E-state index contributed by atoms with van der Waals surface area (Å²) >= 11 is 1.10. The second-order valence-electron chi connectivity index (χ2n) is 7.69. The topological polar surface area (TPSA) is 84.0 Å². The van der Waals surface area contributed by atoms with Crippen molar-refractivity contribution in [1.29, 1.82) is 0 Å². The first-order chi connectivity index (χ1) is 11.5. The molecule has 140 valence electrons. The van der Waals surface area contributed by atoms with Gasteiger partial charge in [0.15, 0.2) is 11.2 Å². The molecule has 2 amide bonds. The van der Waals surface area contributed by atoms with E-state index in [-0.39, 0.29) is 23.4 Å². The molecule has 2 atom stereocenters. The Morgan fingerprint density at radius 1 is 1.28 bits per heavy atom. The Labute approximate surface area is 152 Å². The maximum absolute atomic E-state index is 13.0. The number of thioether (sulfide) groups is 1. The molecule has 0 radical (unpaired) electrons. The number of ether oxygens (including phenoxy) is 1. The highest BCUT2D eigenvalue weighted by Crippen LogP contribution is 2.40. The van der Waals surface area contributed by atoms with Gasteiger partial charge in [-0.25, -0.2) is 14.8 Å². The molecule has 2 aliphatic heterocycles. The van der Waals surface area contributed by atoms with Crippen molar-refractivity contribution >= 4 is 34.7 Å². The van der Waals surface area contributed by atoms with Crippen molar-refractivity contribution < 1.29 is 23.9 Å². The number of carbonyl (C=O) groups is 4. The van der Waals surface area contributed by atoms with Crippen LogP contribution in [0.2, 0.25) is 0 Å². The minimum Gasteiger partial charge on any atom is -0.458 e. The van der Waals surface area contributed by atoms with E-state index in [0.717, 1.165) is 11.8 Å². The standard InChI is InChI=1S/C17H26N2O5S/c1-11(20)25-10-8-17(5)14(22)18-9-6-7-12(19(18)15(17)23)13(21)24-16(2,3)4/h12H,6-10H2,1-5H3. The SMILES string of the molecule is CC(=O)SCCC1(C)C(=O)N2CCCC(C(=O)OC(C)(C)C)N2C1=O. The molecule has 2 saturated heterocycles. The van der Waals surface area contributed by atoms with Gasteiger partial charge in [-0.15, -0.1) is 0 Å². The van der Waals surface area contributed by atoms with Crippen LogP contribution in [0.1, 0.15) is 53.9 Å². The van der Waals surface area contributed by atoms with Crippen molar-refractivity contribution in [2.75, 3.05) is 12.3 Å². The number of hydrazine groups is 1.